The van der Waals surface area contributed by atoms with E-state index in [0.29, 0.717) is 10.8 Å². The molecule has 3 aliphatic rings. The molecule has 2 nitrogen and oxygen atoms in total. The number of ether oxygens (including phenoxy) is 1. The Kier molecular flexibility index (Phi) is 2.10. The summed E-state index contributed by atoms with van der Waals surface area (Å²) < 4.78 is 5.17. The number of rotatable bonds is 3. The Morgan fingerprint density at radius 3 is 2.62 bits per heavy atom. The maximum atomic E-state index is 10.00. The molecule has 16 heavy (non-hydrogen) atoms. The third-order valence-electron chi connectivity index (χ3n) is 5.63. The third kappa shape index (κ3) is 1.26. The van der Waals surface area contributed by atoms with E-state index < -0.39 is 0 Å². The fourth-order valence-electron chi connectivity index (χ4n) is 3.76. The van der Waals surface area contributed by atoms with E-state index in [1.807, 2.05) is 0 Å². The maximum absolute atomic E-state index is 10.00. The number of hydrogen-bond donors (Lipinski definition) is 1. The van der Waals surface area contributed by atoms with Crippen LogP contribution in [0.3, 0.4) is 0 Å². The van der Waals surface area contributed by atoms with Gasteiger partial charge in [-0.05, 0) is 36.0 Å². The predicted molar refractivity (Wildman–Crippen MR) is 63.1 cm³/mol. The van der Waals surface area contributed by atoms with E-state index in [4.69, 9.17) is 4.74 Å². The van der Waals surface area contributed by atoms with Gasteiger partial charge in [0, 0.05) is 0 Å². The summed E-state index contributed by atoms with van der Waals surface area (Å²) in [5.74, 6) is 0.722. The largest absolute Gasteiger partial charge is 0.390 e. The predicted octanol–water partition coefficient (Wildman–Crippen LogP) is 2.52. The van der Waals surface area contributed by atoms with Crippen molar-refractivity contribution in [3.8, 4) is 0 Å². The smallest absolute Gasteiger partial charge is 0.107 e. The van der Waals surface area contributed by atoms with Crippen molar-refractivity contribution < 1.29 is 9.84 Å². The molecule has 0 aromatic rings. The molecule has 3 rings (SSSR count). The molecule has 1 saturated carbocycles. The van der Waals surface area contributed by atoms with Gasteiger partial charge in [0.1, 0.15) is 6.10 Å². The first-order valence-electron chi connectivity index (χ1n) is 6.46. The quantitative estimate of drug-likeness (QED) is 0.588. The summed E-state index contributed by atoms with van der Waals surface area (Å²) in [7, 11) is 0. The Bertz CT molecular complexity index is 341. The number of hydrogen-bond acceptors (Lipinski definition) is 2. The SMILES string of the molecule is CC12CCC(C=C1CC(O)C1CO1)C2(C)C. The molecule has 0 aromatic carbocycles. The van der Waals surface area contributed by atoms with E-state index in [1.54, 1.807) is 0 Å². The molecule has 90 valence electrons. The van der Waals surface area contributed by atoms with Gasteiger partial charge in [-0.1, -0.05) is 32.4 Å². The number of epoxide rings is 1. The molecule has 1 saturated heterocycles. The van der Waals surface area contributed by atoms with Crippen LogP contribution in [0.15, 0.2) is 11.6 Å². The van der Waals surface area contributed by atoms with Crippen LogP contribution in [-0.2, 0) is 4.74 Å². The summed E-state index contributed by atoms with van der Waals surface area (Å²) in [5.41, 5.74) is 2.18. The van der Waals surface area contributed by atoms with E-state index in [2.05, 4.69) is 26.8 Å². The Hall–Kier alpha value is -0.340. The van der Waals surface area contributed by atoms with E-state index in [-0.39, 0.29) is 12.2 Å². The minimum Gasteiger partial charge on any atom is -0.390 e. The van der Waals surface area contributed by atoms with Crippen molar-refractivity contribution in [1.82, 2.24) is 0 Å². The zero-order valence-corrected chi connectivity index (χ0v) is 10.5. The average molecular weight is 222 g/mol. The lowest BCUT2D eigenvalue weighted by molar-refractivity contribution is 0.115. The molecule has 0 aromatic heterocycles. The summed E-state index contributed by atoms with van der Waals surface area (Å²) in [5, 5.41) is 10.00. The molecule has 2 aliphatic carbocycles. The van der Waals surface area contributed by atoms with Crippen LogP contribution in [0.25, 0.3) is 0 Å². The van der Waals surface area contributed by atoms with Gasteiger partial charge in [0.25, 0.3) is 0 Å². The van der Waals surface area contributed by atoms with Gasteiger partial charge in [0.05, 0.1) is 12.7 Å². The molecule has 2 bridgehead atoms. The van der Waals surface area contributed by atoms with Gasteiger partial charge in [-0.2, -0.15) is 0 Å². The van der Waals surface area contributed by atoms with Gasteiger partial charge < -0.3 is 9.84 Å². The van der Waals surface area contributed by atoms with Crippen LogP contribution in [0.2, 0.25) is 0 Å². The van der Waals surface area contributed by atoms with E-state index in [9.17, 15) is 5.11 Å². The van der Waals surface area contributed by atoms with Crippen molar-refractivity contribution in [3.05, 3.63) is 11.6 Å². The maximum Gasteiger partial charge on any atom is 0.107 e. The van der Waals surface area contributed by atoms with Gasteiger partial charge in [-0.3, -0.25) is 0 Å². The molecule has 2 fully saturated rings. The van der Waals surface area contributed by atoms with Crippen LogP contribution < -0.4 is 0 Å². The normalized spacial score (nSPS) is 45.6. The fraction of sp³-hybridized carbons (Fsp3) is 0.857. The Morgan fingerprint density at radius 2 is 2.19 bits per heavy atom. The summed E-state index contributed by atoms with van der Waals surface area (Å²) in [6, 6.07) is 0. The van der Waals surface area contributed by atoms with E-state index in [1.165, 1.54) is 18.4 Å². The molecule has 1 heterocycles. The number of aliphatic hydroxyl groups excluding tert-OH is 1. The lowest BCUT2D eigenvalue weighted by atomic mass is 9.66. The zero-order chi connectivity index (χ0) is 11.6. The second-order valence-electron chi connectivity index (χ2n) is 6.53. The second kappa shape index (κ2) is 3.11. The summed E-state index contributed by atoms with van der Waals surface area (Å²) >= 11 is 0. The molecular formula is C14H22O2. The molecule has 1 aliphatic heterocycles. The van der Waals surface area contributed by atoms with Crippen molar-refractivity contribution in [3.63, 3.8) is 0 Å². The summed E-state index contributed by atoms with van der Waals surface area (Å²) in [6.07, 6.45) is 5.71. The lowest BCUT2D eigenvalue weighted by Gasteiger charge is -2.38. The minimum absolute atomic E-state index is 0.117. The van der Waals surface area contributed by atoms with Crippen LogP contribution in [0.4, 0.5) is 0 Å². The van der Waals surface area contributed by atoms with Crippen LogP contribution >= 0.6 is 0 Å². The molecule has 2 heteroatoms. The molecule has 0 radical (unpaired) electrons. The first kappa shape index (κ1) is 10.8. The minimum atomic E-state index is -0.279. The van der Waals surface area contributed by atoms with Gasteiger partial charge in [-0.25, -0.2) is 0 Å². The van der Waals surface area contributed by atoms with Crippen LogP contribution in [0.1, 0.15) is 40.0 Å². The van der Waals surface area contributed by atoms with Crippen molar-refractivity contribution in [2.75, 3.05) is 6.61 Å². The Morgan fingerprint density at radius 1 is 1.50 bits per heavy atom. The van der Waals surface area contributed by atoms with E-state index >= 15 is 0 Å². The first-order valence-corrected chi connectivity index (χ1v) is 6.46. The highest BCUT2D eigenvalue weighted by Crippen LogP contribution is 2.65. The Labute approximate surface area is 97.7 Å². The van der Waals surface area contributed by atoms with Gasteiger partial charge in [0.15, 0.2) is 0 Å². The third-order valence-corrected chi connectivity index (χ3v) is 5.63. The highest BCUT2D eigenvalue weighted by Gasteiger charge is 2.57. The molecule has 1 N–H and O–H groups in total. The monoisotopic (exact) mass is 222 g/mol. The van der Waals surface area contributed by atoms with Crippen LogP contribution in [0, 0.1) is 16.7 Å². The van der Waals surface area contributed by atoms with Crippen molar-refractivity contribution in [2.24, 2.45) is 16.7 Å². The topological polar surface area (TPSA) is 32.8 Å². The molecule has 4 unspecified atom stereocenters. The van der Waals surface area contributed by atoms with Crippen molar-refractivity contribution in [2.45, 2.75) is 52.2 Å². The van der Waals surface area contributed by atoms with Gasteiger partial charge >= 0.3 is 0 Å². The molecular weight excluding hydrogens is 200 g/mol. The van der Waals surface area contributed by atoms with Crippen molar-refractivity contribution in [1.29, 1.82) is 0 Å². The van der Waals surface area contributed by atoms with Gasteiger partial charge in [0.2, 0.25) is 0 Å². The van der Waals surface area contributed by atoms with Crippen LogP contribution in [0.5, 0.6) is 0 Å². The van der Waals surface area contributed by atoms with Crippen LogP contribution in [-0.4, -0.2) is 23.9 Å². The lowest BCUT2D eigenvalue weighted by Crippen LogP contribution is -2.31. The fourth-order valence-corrected chi connectivity index (χ4v) is 3.76. The molecule has 0 amide bonds. The summed E-state index contributed by atoms with van der Waals surface area (Å²) in [4.78, 5) is 0. The highest BCUT2D eigenvalue weighted by atomic mass is 16.6. The standard InChI is InChI=1S/C14H22O2/c1-13(2)9-4-5-14(13,3)10(6-9)7-11(15)12-8-16-12/h6,9,11-12,15H,4-5,7-8H2,1-3H3. The molecule has 4 atom stereocenters. The highest BCUT2D eigenvalue weighted by molar-refractivity contribution is 5.32. The first-order chi connectivity index (χ1) is 7.45. The second-order valence-corrected chi connectivity index (χ2v) is 6.53. The van der Waals surface area contributed by atoms with E-state index in [0.717, 1.165) is 18.9 Å². The van der Waals surface area contributed by atoms with Crippen molar-refractivity contribution >= 4 is 0 Å². The number of fused-ring (bicyclic) bond motifs is 2. The number of aliphatic hydroxyl groups is 1. The average Bonchev–Trinajstić information content (AvgIpc) is 2.98. The van der Waals surface area contributed by atoms with Gasteiger partial charge in [-0.15, -0.1) is 0 Å². The number of allylic oxidation sites excluding steroid dienone is 1. The zero-order valence-electron chi connectivity index (χ0n) is 10.5. The molecule has 0 spiro atoms. The Balaban J connectivity index is 1.79. The summed E-state index contributed by atoms with van der Waals surface area (Å²) in [6.45, 7) is 7.90.